The molecule has 1 N–H and O–H groups in total. The van der Waals surface area contributed by atoms with Gasteiger partial charge in [-0.15, -0.1) is 0 Å². The van der Waals surface area contributed by atoms with Crippen LogP contribution in [0.4, 0.5) is 4.39 Å². The highest BCUT2D eigenvalue weighted by atomic mass is 19.1. The first-order valence-electron chi connectivity index (χ1n) is 7.48. The molecule has 0 saturated carbocycles. The van der Waals surface area contributed by atoms with Crippen molar-refractivity contribution in [3.05, 3.63) is 58.9 Å². The zero-order valence-electron chi connectivity index (χ0n) is 13.6. The van der Waals surface area contributed by atoms with Gasteiger partial charge in [0.05, 0.1) is 5.56 Å². The van der Waals surface area contributed by atoms with Crippen LogP contribution in [0.3, 0.4) is 0 Å². The molecule has 24 heavy (non-hydrogen) atoms. The minimum absolute atomic E-state index is 0.0817. The first-order chi connectivity index (χ1) is 11.4. The van der Waals surface area contributed by atoms with Gasteiger partial charge >= 0.3 is 0 Å². The summed E-state index contributed by atoms with van der Waals surface area (Å²) in [5, 5.41) is 3.15. The largest absolute Gasteiger partial charge is 0.455 e. The third-order valence-corrected chi connectivity index (χ3v) is 3.97. The van der Waals surface area contributed by atoms with Crippen LogP contribution in [0.25, 0.3) is 22.3 Å². The Bertz CT molecular complexity index is 955. The smallest absolute Gasteiger partial charge is 0.255 e. The number of nitrogens with one attached hydrogen (secondary N) is 1. The van der Waals surface area contributed by atoms with Gasteiger partial charge in [0.2, 0.25) is 0 Å². The average molecular weight is 325 g/mol. The molecule has 2 aromatic carbocycles. The topological polar surface area (TPSA) is 59.3 Å². The fraction of sp³-hybridized carbons (Fsp3) is 0.158. The number of furan rings is 1. The highest BCUT2D eigenvalue weighted by molar-refractivity contribution is 6.12. The molecule has 5 heteroatoms. The van der Waals surface area contributed by atoms with Crippen LogP contribution < -0.4 is 5.32 Å². The molecule has 0 aliphatic carbocycles. The van der Waals surface area contributed by atoms with Crippen LogP contribution in [-0.4, -0.2) is 18.7 Å². The van der Waals surface area contributed by atoms with E-state index in [1.165, 1.54) is 26.1 Å². The lowest BCUT2D eigenvalue weighted by atomic mass is 9.99. The van der Waals surface area contributed by atoms with E-state index in [2.05, 4.69) is 5.32 Å². The quantitative estimate of drug-likeness (QED) is 0.737. The summed E-state index contributed by atoms with van der Waals surface area (Å²) in [4.78, 5) is 24.2. The Balaban J connectivity index is 2.34. The van der Waals surface area contributed by atoms with Crippen molar-refractivity contribution in [3.8, 4) is 11.3 Å². The lowest BCUT2D eigenvalue weighted by molar-refractivity contribution is 0.0963. The van der Waals surface area contributed by atoms with E-state index in [-0.39, 0.29) is 17.5 Å². The van der Waals surface area contributed by atoms with Crippen molar-refractivity contribution < 1.29 is 18.4 Å². The Morgan fingerprint density at radius 1 is 1.12 bits per heavy atom. The van der Waals surface area contributed by atoms with Gasteiger partial charge in [-0.2, -0.15) is 0 Å². The van der Waals surface area contributed by atoms with Crippen LogP contribution in [0.15, 0.2) is 40.8 Å². The number of amides is 1. The van der Waals surface area contributed by atoms with Crippen molar-refractivity contribution >= 4 is 22.7 Å². The van der Waals surface area contributed by atoms with Crippen molar-refractivity contribution in [1.82, 2.24) is 5.32 Å². The monoisotopic (exact) mass is 325 g/mol. The van der Waals surface area contributed by atoms with Gasteiger partial charge in [0.15, 0.2) is 5.78 Å². The van der Waals surface area contributed by atoms with Gasteiger partial charge in [0, 0.05) is 23.6 Å². The lowest BCUT2D eigenvalue weighted by Crippen LogP contribution is -2.18. The van der Waals surface area contributed by atoms with Crippen LogP contribution in [0, 0.1) is 12.7 Å². The van der Waals surface area contributed by atoms with Gasteiger partial charge in [-0.25, -0.2) is 4.39 Å². The van der Waals surface area contributed by atoms with Gasteiger partial charge in [-0.1, -0.05) is 0 Å². The molecule has 0 fully saturated rings. The number of halogens is 1. The van der Waals surface area contributed by atoms with Crippen molar-refractivity contribution in [2.45, 2.75) is 13.8 Å². The first kappa shape index (κ1) is 15.9. The molecule has 1 heterocycles. The zero-order chi connectivity index (χ0) is 17.4. The SMILES string of the molecule is CNC(=O)c1c(-c2ccc(F)cc2)oc2cc(C)c(C(C)=O)cc12. The van der Waals surface area contributed by atoms with Gasteiger partial charge in [0.1, 0.15) is 17.2 Å². The van der Waals surface area contributed by atoms with Gasteiger partial charge in [-0.05, 0) is 55.8 Å². The number of ketones is 1. The Morgan fingerprint density at radius 3 is 2.38 bits per heavy atom. The first-order valence-corrected chi connectivity index (χ1v) is 7.48. The number of rotatable bonds is 3. The van der Waals surface area contributed by atoms with Gasteiger partial charge in [0.25, 0.3) is 5.91 Å². The van der Waals surface area contributed by atoms with E-state index >= 15 is 0 Å². The standard InChI is InChI=1S/C19H16FNO3/c1-10-8-16-15(9-14(10)11(2)22)17(19(23)21-3)18(24-16)12-4-6-13(20)7-5-12/h4-9H,1-3H3,(H,21,23). The maximum Gasteiger partial charge on any atom is 0.255 e. The van der Waals surface area contributed by atoms with Crippen molar-refractivity contribution in [1.29, 1.82) is 0 Å². The van der Waals surface area contributed by atoms with E-state index in [1.807, 2.05) is 6.92 Å². The summed E-state index contributed by atoms with van der Waals surface area (Å²) >= 11 is 0. The molecule has 4 nitrogen and oxygen atoms in total. The number of fused-ring (bicyclic) bond motifs is 1. The second-order valence-electron chi connectivity index (χ2n) is 5.61. The van der Waals surface area contributed by atoms with Gasteiger partial charge in [-0.3, -0.25) is 9.59 Å². The molecule has 0 saturated heterocycles. The fourth-order valence-corrected chi connectivity index (χ4v) is 2.78. The molecule has 0 radical (unpaired) electrons. The van der Waals surface area contributed by atoms with Crippen molar-refractivity contribution in [2.24, 2.45) is 0 Å². The summed E-state index contributed by atoms with van der Waals surface area (Å²) in [7, 11) is 1.52. The third-order valence-electron chi connectivity index (χ3n) is 3.97. The highest BCUT2D eigenvalue weighted by Crippen LogP contribution is 2.35. The molecule has 1 aromatic heterocycles. The predicted octanol–water partition coefficient (Wildman–Crippen LogP) is 4.11. The molecule has 122 valence electrons. The number of Topliss-reactive ketones (excluding diaryl/α,β-unsaturated/α-hetero) is 1. The zero-order valence-corrected chi connectivity index (χ0v) is 13.6. The molecule has 0 aliphatic rings. The van der Waals surface area contributed by atoms with E-state index in [1.54, 1.807) is 24.3 Å². The third kappa shape index (κ3) is 2.58. The number of carbonyl (C=O) groups is 2. The van der Waals surface area contributed by atoms with E-state index in [0.29, 0.717) is 33.4 Å². The molecule has 0 spiro atoms. The second-order valence-corrected chi connectivity index (χ2v) is 5.61. The summed E-state index contributed by atoms with van der Waals surface area (Å²) in [6.07, 6.45) is 0. The molecule has 3 rings (SSSR count). The fourth-order valence-electron chi connectivity index (χ4n) is 2.78. The van der Waals surface area contributed by atoms with E-state index in [9.17, 15) is 14.0 Å². The molecule has 0 aliphatic heterocycles. The summed E-state index contributed by atoms with van der Waals surface area (Å²) in [6, 6.07) is 9.14. The number of hydrogen-bond acceptors (Lipinski definition) is 3. The Morgan fingerprint density at radius 2 is 1.79 bits per heavy atom. The predicted molar refractivity (Wildman–Crippen MR) is 89.7 cm³/mol. The van der Waals surface area contributed by atoms with Crippen LogP contribution in [0.1, 0.15) is 33.2 Å². The number of carbonyl (C=O) groups excluding carboxylic acids is 2. The lowest BCUT2D eigenvalue weighted by Gasteiger charge is -2.04. The Labute approximate surface area is 138 Å². The van der Waals surface area contributed by atoms with E-state index in [0.717, 1.165) is 5.56 Å². The number of hydrogen-bond donors (Lipinski definition) is 1. The summed E-state index contributed by atoms with van der Waals surface area (Å²) in [6.45, 7) is 3.30. The summed E-state index contributed by atoms with van der Waals surface area (Å²) in [5.74, 6) is -0.427. The number of benzene rings is 2. The molecule has 1 amide bonds. The average Bonchev–Trinajstić information content (AvgIpc) is 2.92. The van der Waals surface area contributed by atoms with Crippen molar-refractivity contribution in [2.75, 3.05) is 7.05 Å². The van der Waals surface area contributed by atoms with Crippen molar-refractivity contribution in [3.63, 3.8) is 0 Å². The minimum Gasteiger partial charge on any atom is -0.455 e. The minimum atomic E-state index is -0.369. The van der Waals surface area contributed by atoms with E-state index < -0.39 is 0 Å². The normalized spacial score (nSPS) is 10.8. The molecular weight excluding hydrogens is 309 g/mol. The number of aryl methyl sites for hydroxylation is 1. The Hall–Kier alpha value is -2.95. The molecule has 0 bridgehead atoms. The molecule has 0 unspecified atom stereocenters. The second kappa shape index (κ2) is 5.92. The van der Waals surface area contributed by atoms with Crippen LogP contribution >= 0.6 is 0 Å². The summed E-state index contributed by atoms with van der Waals surface area (Å²) in [5.41, 5.74) is 2.75. The highest BCUT2D eigenvalue weighted by Gasteiger charge is 2.23. The van der Waals surface area contributed by atoms with E-state index in [4.69, 9.17) is 4.42 Å². The van der Waals surface area contributed by atoms with Crippen LogP contribution in [-0.2, 0) is 0 Å². The maximum atomic E-state index is 13.2. The molecular formula is C19H16FNO3. The Kier molecular flexibility index (Phi) is 3.93. The maximum absolute atomic E-state index is 13.2. The summed E-state index contributed by atoms with van der Waals surface area (Å²) < 4.78 is 19.0. The molecule has 3 aromatic rings. The van der Waals surface area contributed by atoms with Crippen LogP contribution in [0.5, 0.6) is 0 Å². The van der Waals surface area contributed by atoms with Gasteiger partial charge < -0.3 is 9.73 Å². The molecule has 0 atom stereocenters. The van der Waals surface area contributed by atoms with Crippen LogP contribution in [0.2, 0.25) is 0 Å².